The van der Waals surface area contributed by atoms with Crippen LogP contribution in [-0.2, 0) is 61.9 Å². The zero-order chi connectivity index (χ0) is 83.4. The highest BCUT2D eigenvalue weighted by Crippen LogP contribution is 2.65. The van der Waals surface area contributed by atoms with Crippen LogP contribution in [0.15, 0.2) is 187 Å². The van der Waals surface area contributed by atoms with Crippen molar-refractivity contribution in [2.45, 2.75) is 180 Å². The third-order valence-corrected chi connectivity index (χ3v) is 21.0. The van der Waals surface area contributed by atoms with E-state index >= 15 is 0 Å². The number of piperidine rings is 2. The topological polar surface area (TPSA) is 380 Å². The third kappa shape index (κ3) is 27.4. The minimum atomic E-state index is -2.23. The van der Waals surface area contributed by atoms with Crippen molar-refractivity contribution in [1.29, 1.82) is 0 Å². The number of methoxy groups -OCH3 is 6. The maximum Gasteiger partial charge on any atom is 0.411 e. The van der Waals surface area contributed by atoms with E-state index in [1.165, 1.54) is 78.4 Å². The zero-order valence-electron chi connectivity index (χ0n) is 67.2. The Morgan fingerprint density at radius 3 is 1.34 bits per heavy atom. The van der Waals surface area contributed by atoms with Crippen LogP contribution in [0.2, 0.25) is 0 Å². The van der Waals surface area contributed by atoms with Gasteiger partial charge in [0.25, 0.3) is 24.4 Å². The van der Waals surface area contributed by atoms with Crippen LogP contribution < -0.4 is 11.1 Å². The quantitative estimate of drug-likeness (QED) is 0.0136. The molecule has 6 aliphatic carbocycles. The van der Waals surface area contributed by atoms with Crippen molar-refractivity contribution < 1.29 is 102 Å². The highest BCUT2D eigenvalue weighted by Gasteiger charge is 2.69. The fourth-order valence-electron chi connectivity index (χ4n) is 15.6. The van der Waals surface area contributed by atoms with E-state index in [9.17, 15) is 43.2 Å². The summed E-state index contributed by atoms with van der Waals surface area (Å²) in [6.07, 6.45) is 16.7. The third-order valence-electron chi connectivity index (χ3n) is 21.0. The molecule has 5 aromatic carbocycles. The highest BCUT2D eigenvalue weighted by molar-refractivity contribution is 7.59. The summed E-state index contributed by atoms with van der Waals surface area (Å²) in [5, 5.41) is 40.3. The van der Waals surface area contributed by atoms with Crippen molar-refractivity contribution in [3.05, 3.63) is 215 Å². The van der Waals surface area contributed by atoms with E-state index in [-0.39, 0.29) is 112 Å². The number of carboxylic acids is 1. The van der Waals surface area contributed by atoms with E-state index in [1.807, 2.05) is 120 Å². The predicted molar refractivity (Wildman–Crippen MR) is 445 cm³/mol. The first-order valence-electron chi connectivity index (χ1n) is 37.6. The number of aliphatic hydroxyl groups is 4. The van der Waals surface area contributed by atoms with Gasteiger partial charge in [-0.15, -0.1) is 0 Å². The summed E-state index contributed by atoms with van der Waals surface area (Å²) >= 11 is 0. The van der Waals surface area contributed by atoms with Crippen molar-refractivity contribution in [2.24, 2.45) is 52.2 Å². The number of allylic oxidation sites excluding steroid dienone is 4. The Hall–Kier alpha value is -9.75. The second-order valence-corrected chi connectivity index (χ2v) is 29.1. The van der Waals surface area contributed by atoms with E-state index < -0.39 is 42.1 Å². The SMILES string of the molecule is C.C.C1=CCC=C1.CO.COC(=O)C(O)OC.COC(=O)C=N[C@@H](C)c1ccccc1.COC(=O)[C@H]1C2CC([C@H]3C[C@@H]23)N1C(=O)OC(C)(C)C.COC(=O)[C@H]1C2CC([C@H]3C[C@@H]23)N1[C@@H](C)c1ccccc1.COC(=O)[C@H]1[C@@H]2C=C[C@@H](C2)N1[C@@H](C)c1ccccc1.C[C@H](N)c1ccccc1.O=C(O)C(O)O.O=C1NC(=O)c2ccccc21.S. The lowest BCUT2D eigenvalue weighted by Crippen LogP contribution is -2.51. The van der Waals surface area contributed by atoms with Crippen LogP contribution in [0, 0.1) is 41.4 Å². The van der Waals surface area contributed by atoms with Crippen molar-refractivity contribution in [3.8, 4) is 0 Å². The van der Waals surface area contributed by atoms with E-state index in [4.69, 9.17) is 50.2 Å². The number of carbonyl (C=O) groups is 9. The molecule has 636 valence electrons. The number of carbonyl (C=O) groups excluding carboxylic acids is 8. The van der Waals surface area contributed by atoms with Gasteiger partial charge in [-0.3, -0.25) is 44.2 Å². The standard InChI is InChI=1S/C17H21NO2.C16H19NO2.C14H21NO4.C11H13NO2.C8H5NO2.C8H11N.C5H6.C4H8O4.C2H4O4.CH4O.2CH4.H2S/c1-10(11-6-4-3-5-7-11)18-15-9-14(12-8-13(12)15)16(18)17(19)20-2;1-11(12-6-4-3-5-7-12)17-14-9-8-13(10-14)15(17)16(18)19-2;1-14(2,3)19-13(17)15-10-6-9(7-5-8(7)10)11(15)12(16)18-4;1-9(12-8-11(13)14-2)10-6-4-3-5-7-10;10-7-5-3-1-2-4-6(5)8(11)9-7;1-7(9)8-5-3-2-4-6-8;1-2-4-5-3-1;1-7-3(5)4(6)8-2;3-1(4)2(5)6;1-2;;;/h3-7,10,12-16H,8-9H2,1-2H3;3-9,11,13-15H,10H2,1-2H3;7-11H,5-6H2,1-4H3;3-9H,1-2H3;1-4H,(H,9,10,11);2-7H,9H2,1H3;1-4H,5H2;3,5H,1-2H3;1,3-4H,(H,5,6);2H,1H3;2*1H4;1H2/t10-,12+,13-,14?,15?,16+;11-,13+,14-,15+;7-,8+,9?,10?,11-;9-;;7-;;;;;;;/m0010.0......./s1. The summed E-state index contributed by atoms with van der Waals surface area (Å²) in [7, 11) is 9.09. The van der Waals surface area contributed by atoms with Gasteiger partial charge in [-0.2, -0.15) is 13.5 Å². The Morgan fingerprint density at radius 2 is 0.940 bits per heavy atom. The molecule has 18 atom stereocenters. The van der Waals surface area contributed by atoms with E-state index in [2.05, 4.69) is 121 Å². The number of hydrogen-bond acceptors (Lipinski definition) is 24. The molecule has 4 saturated carbocycles. The number of esters is 5. The second kappa shape index (κ2) is 48.7. The number of nitrogens with one attached hydrogen (secondary N) is 1. The molecule has 5 unspecified atom stereocenters. The van der Waals surface area contributed by atoms with Crippen LogP contribution in [0.1, 0.15) is 169 Å². The Balaban J connectivity index is 0.000000346. The first kappa shape index (κ1) is 100. The van der Waals surface area contributed by atoms with Crippen molar-refractivity contribution >= 4 is 73.4 Å². The monoisotopic (exact) mass is 1630 g/mol. The number of benzene rings is 5. The first-order chi connectivity index (χ1) is 54.0. The van der Waals surface area contributed by atoms with Gasteiger partial charge in [0, 0.05) is 56.4 Å². The number of nitrogens with two attached hydrogens (primary N) is 1. The van der Waals surface area contributed by atoms with Crippen LogP contribution in [0.3, 0.4) is 0 Å². The average Bonchev–Trinajstić information content (AvgIpc) is 1.54. The van der Waals surface area contributed by atoms with E-state index in [0.717, 1.165) is 50.2 Å². The summed E-state index contributed by atoms with van der Waals surface area (Å²) in [6.45, 7) is 13.8. The highest BCUT2D eigenvalue weighted by atomic mass is 32.1. The van der Waals surface area contributed by atoms with Gasteiger partial charge in [-0.1, -0.05) is 185 Å². The largest absolute Gasteiger partial charge is 0.477 e. The number of fused-ring (bicyclic) bond motifs is 13. The van der Waals surface area contributed by atoms with Crippen LogP contribution in [0.4, 0.5) is 4.79 Å². The van der Waals surface area contributed by atoms with Gasteiger partial charge >= 0.3 is 41.9 Å². The van der Waals surface area contributed by atoms with Gasteiger partial charge in [0.2, 0.25) is 0 Å². The number of aliphatic carboxylic acids is 1. The number of rotatable bonds is 14. The molecular formula is C88H122N6O21S. The van der Waals surface area contributed by atoms with Crippen molar-refractivity contribution in [1.82, 2.24) is 20.0 Å². The molecule has 0 spiro atoms. The molecule has 3 amide bonds. The number of aliphatic hydroxyl groups excluding tert-OH is 3. The van der Waals surface area contributed by atoms with Gasteiger partial charge < -0.3 is 64.4 Å². The summed E-state index contributed by atoms with van der Waals surface area (Å²) in [5.74, 6) is 0.0595. The maximum atomic E-state index is 12.3. The molecule has 4 heterocycles. The molecule has 4 aliphatic heterocycles. The normalized spacial score (nSPS) is 24.3. The lowest BCUT2D eigenvalue weighted by Gasteiger charge is -2.38. The van der Waals surface area contributed by atoms with Crippen molar-refractivity contribution in [3.63, 3.8) is 0 Å². The summed E-state index contributed by atoms with van der Waals surface area (Å²) < 4.78 is 33.1. The smallest absolute Gasteiger partial charge is 0.411 e. The predicted octanol–water partition coefficient (Wildman–Crippen LogP) is 11.3. The maximum absolute atomic E-state index is 12.3. The van der Waals surface area contributed by atoms with Crippen LogP contribution in [0.25, 0.3) is 0 Å². The first-order valence-corrected chi connectivity index (χ1v) is 37.6. The zero-order valence-corrected chi connectivity index (χ0v) is 68.2. The van der Waals surface area contributed by atoms with E-state index in [1.54, 1.807) is 29.2 Å². The molecule has 0 aromatic heterocycles. The molecular weight excluding hydrogens is 1510 g/mol. The number of amides is 3. The molecule has 8 N–H and O–H groups in total. The Bertz CT molecular complexity index is 3990. The van der Waals surface area contributed by atoms with Crippen LogP contribution in [-0.4, -0.2) is 204 Å². The minimum absolute atomic E-state index is 0. The van der Waals surface area contributed by atoms with Crippen molar-refractivity contribution in [2.75, 3.05) is 49.8 Å². The molecule has 5 aromatic rings. The fourth-order valence-corrected chi connectivity index (χ4v) is 15.6. The molecule has 3 saturated heterocycles. The van der Waals surface area contributed by atoms with Gasteiger partial charge in [0.15, 0.2) is 0 Å². The van der Waals surface area contributed by atoms with Gasteiger partial charge in [0.1, 0.15) is 29.9 Å². The lowest BCUT2D eigenvalue weighted by molar-refractivity contribution is -0.174. The molecule has 27 nitrogen and oxygen atoms in total. The number of nitrogens with zero attached hydrogens (tertiary/aromatic N) is 4. The van der Waals surface area contributed by atoms with E-state index in [0.29, 0.717) is 46.9 Å². The molecule has 15 rings (SSSR count). The minimum Gasteiger partial charge on any atom is -0.477 e. The van der Waals surface area contributed by atoms with Crippen LogP contribution in [0.5, 0.6) is 0 Å². The number of aliphatic imine (C=N–C) groups is 1. The fraction of sp³-hybridized carbons (Fsp3) is 0.477. The average molecular weight is 1630 g/mol. The van der Waals surface area contributed by atoms with Gasteiger partial charge in [-0.05, 0) is 157 Å². The summed E-state index contributed by atoms with van der Waals surface area (Å²) in [4.78, 5) is 111. The number of imide groups is 1. The molecule has 6 bridgehead atoms. The molecule has 116 heavy (non-hydrogen) atoms. The summed E-state index contributed by atoms with van der Waals surface area (Å²) in [6, 6.07) is 48.6. The van der Waals surface area contributed by atoms with Gasteiger partial charge in [0.05, 0.1) is 52.7 Å². The lowest BCUT2D eigenvalue weighted by atomic mass is 9.94. The number of carboxylic acid groups (broad SMARTS) is 1. The molecule has 28 heteroatoms. The number of hydrogen-bond donors (Lipinski definition) is 7. The van der Waals surface area contributed by atoms with Gasteiger partial charge in [-0.25, -0.2) is 24.0 Å². The van der Waals surface area contributed by atoms with Crippen LogP contribution >= 0.6 is 13.5 Å². The second-order valence-electron chi connectivity index (χ2n) is 29.1. The summed E-state index contributed by atoms with van der Waals surface area (Å²) in [5.41, 5.74) is 10.8. The molecule has 0 radical (unpaired) electrons. The number of ether oxygens (including phenoxy) is 7. The molecule has 7 fully saturated rings. The Morgan fingerprint density at radius 1 is 0.526 bits per heavy atom. The number of likely N-dealkylation sites (tertiary alicyclic amines) is 3. The Kier molecular flexibility index (Phi) is 42.2. The molecule has 10 aliphatic rings. The Labute approximate surface area is 689 Å².